The van der Waals surface area contributed by atoms with Gasteiger partial charge in [0, 0.05) is 18.4 Å². The second-order valence-electron chi connectivity index (χ2n) is 2.01. The molecule has 0 aliphatic carbocycles. The first-order valence-corrected chi connectivity index (χ1v) is 3.59. The highest BCUT2D eigenvalue weighted by molar-refractivity contribution is 9.05. The summed E-state index contributed by atoms with van der Waals surface area (Å²) in [5, 5.41) is 4.13. The Morgan fingerprint density at radius 1 is 1.40 bits per heavy atom. The van der Waals surface area contributed by atoms with Gasteiger partial charge in [-0.05, 0) is 0 Å². The quantitative estimate of drug-likeness (QED) is 0.529. The number of nitrogens with zero attached hydrogens (tertiary/aromatic N) is 3. The molecule has 3 nitrogen and oxygen atoms in total. The van der Waals surface area contributed by atoms with E-state index in [1.807, 2.05) is 18.4 Å². The van der Waals surface area contributed by atoms with Gasteiger partial charge < -0.3 is 0 Å². The number of fused-ring (bicyclic) bond motifs is 1. The van der Waals surface area contributed by atoms with Gasteiger partial charge in [0.05, 0.1) is 6.21 Å². The predicted molar refractivity (Wildman–Crippen MR) is 43.4 cm³/mol. The molecule has 0 radical (unpaired) electrons. The molecule has 0 aromatic heterocycles. The van der Waals surface area contributed by atoms with E-state index in [0.29, 0.717) is 0 Å². The maximum Gasteiger partial charge on any atom is 0.272 e. The second-order valence-corrected chi connectivity index (χ2v) is 3.09. The van der Waals surface area contributed by atoms with Crippen LogP contribution >= 0.6 is 16.1 Å². The van der Waals surface area contributed by atoms with Gasteiger partial charge in [-0.3, -0.25) is 0 Å². The van der Waals surface area contributed by atoms with Crippen molar-refractivity contribution in [3.63, 3.8) is 0 Å². The molecule has 0 saturated heterocycles. The summed E-state index contributed by atoms with van der Waals surface area (Å²) in [5.74, 6) is 0.891. The molecule has 10 heavy (non-hydrogen) atoms. The average Bonchev–Trinajstić information content (AvgIpc) is 2.29. The van der Waals surface area contributed by atoms with Gasteiger partial charge in [0.25, 0.3) is 22.0 Å². The third kappa shape index (κ3) is 0.693. The van der Waals surface area contributed by atoms with Crippen molar-refractivity contribution in [3.8, 4) is 0 Å². The normalized spacial score (nSPS) is 34.3. The van der Waals surface area contributed by atoms with E-state index in [2.05, 4.69) is 26.2 Å². The van der Waals surface area contributed by atoms with Crippen LogP contribution in [0, 0.1) is 0 Å². The first-order chi connectivity index (χ1) is 4.81. The minimum atomic E-state index is 0.281. The van der Waals surface area contributed by atoms with Crippen molar-refractivity contribution in [1.82, 2.24) is 0 Å². The standard InChI is InChI=1S/C6H5BrN3/c7-10-5-1-3-8-6(10)2-4-9-10/h1-5H/q+1. The number of halogens is 1. The van der Waals surface area contributed by atoms with Gasteiger partial charge >= 0.3 is 0 Å². The monoisotopic (exact) mass is 198 g/mol. The van der Waals surface area contributed by atoms with Crippen molar-refractivity contribution in [2.75, 3.05) is 0 Å². The van der Waals surface area contributed by atoms with E-state index >= 15 is 0 Å². The lowest BCUT2D eigenvalue weighted by Gasteiger charge is -2.15. The van der Waals surface area contributed by atoms with Gasteiger partial charge in [-0.25, -0.2) is 4.99 Å². The van der Waals surface area contributed by atoms with Crippen molar-refractivity contribution < 1.29 is 3.62 Å². The summed E-state index contributed by atoms with van der Waals surface area (Å²) >= 11 is 3.39. The van der Waals surface area contributed by atoms with E-state index in [-0.39, 0.29) is 3.62 Å². The van der Waals surface area contributed by atoms with Gasteiger partial charge in [0.2, 0.25) is 0 Å². The molecule has 0 amide bonds. The summed E-state index contributed by atoms with van der Waals surface area (Å²) in [4.78, 5) is 4.11. The molecule has 0 aromatic rings. The molecule has 0 bridgehead atoms. The molecule has 0 spiro atoms. The Morgan fingerprint density at radius 3 is 3.10 bits per heavy atom. The molecule has 1 atom stereocenters. The Bertz CT molecular complexity index is 277. The Kier molecular flexibility index (Phi) is 1.12. The zero-order valence-electron chi connectivity index (χ0n) is 5.11. The van der Waals surface area contributed by atoms with E-state index in [0.717, 1.165) is 5.82 Å². The van der Waals surface area contributed by atoms with Crippen LogP contribution in [0.5, 0.6) is 0 Å². The van der Waals surface area contributed by atoms with Crippen LogP contribution in [-0.4, -0.2) is 16.0 Å². The zero-order valence-corrected chi connectivity index (χ0v) is 6.69. The van der Waals surface area contributed by atoms with Crippen LogP contribution in [0.2, 0.25) is 0 Å². The number of aliphatic imine (C=N–C) groups is 1. The van der Waals surface area contributed by atoms with E-state index in [1.54, 1.807) is 12.4 Å². The summed E-state index contributed by atoms with van der Waals surface area (Å²) < 4.78 is 0.281. The fourth-order valence-corrected chi connectivity index (χ4v) is 1.32. The van der Waals surface area contributed by atoms with Crippen LogP contribution in [0.3, 0.4) is 0 Å². The Hall–Kier alpha value is -0.740. The first-order valence-electron chi connectivity index (χ1n) is 2.88. The van der Waals surface area contributed by atoms with E-state index in [9.17, 15) is 0 Å². The molecule has 2 aliphatic rings. The van der Waals surface area contributed by atoms with Crippen LogP contribution in [0.25, 0.3) is 0 Å². The van der Waals surface area contributed by atoms with Crippen LogP contribution in [-0.2, 0) is 0 Å². The predicted octanol–water partition coefficient (Wildman–Crippen LogP) is 1.55. The molecule has 50 valence electrons. The lowest BCUT2D eigenvalue weighted by molar-refractivity contribution is -0.684. The number of hydrogen-bond acceptors (Lipinski definition) is 2. The van der Waals surface area contributed by atoms with Gasteiger partial charge in [-0.15, -0.1) is 0 Å². The molecule has 2 rings (SSSR count). The SMILES string of the molecule is Br[N+]12C=CC=NC1=CC=N2. The maximum absolute atomic E-state index is 4.13. The van der Waals surface area contributed by atoms with Gasteiger partial charge in [0.1, 0.15) is 6.20 Å². The number of quaternary nitrogens is 1. The molecule has 0 aromatic carbocycles. The van der Waals surface area contributed by atoms with Crippen LogP contribution in [0.1, 0.15) is 0 Å². The van der Waals surface area contributed by atoms with Crippen LogP contribution in [0.15, 0.2) is 34.3 Å². The smallest absolute Gasteiger partial charge is 0.201 e. The van der Waals surface area contributed by atoms with Crippen molar-refractivity contribution in [1.29, 1.82) is 0 Å². The molecule has 0 fully saturated rings. The van der Waals surface area contributed by atoms with Gasteiger partial charge in [-0.2, -0.15) is 0 Å². The highest BCUT2D eigenvalue weighted by atomic mass is 79.9. The molecule has 0 saturated carbocycles. The van der Waals surface area contributed by atoms with Gasteiger partial charge in [0.15, 0.2) is 0 Å². The molecular formula is C6H5BrN3+. The van der Waals surface area contributed by atoms with E-state index < -0.39 is 0 Å². The van der Waals surface area contributed by atoms with Crippen molar-refractivity contribution in [2.45, 2.75) is 0 Å². The molecule has 1 unspecified atom stereocenters. The summed E-state index contributed by atoms with van der Waals surface area (Å²) in [7, 11) is 0. The minimum Gasteiger partial charge on any atom is -0.201 e. The zero-order chi connectivity index (χ0) is 7.03. The number of rotatable bonds is 0. The molecule has 2 aliphatic heterocycles. The molecule has 2 heterocycles. The summed E-state index contributed by atoms with van der Waals surface area (Å²) in [5.41, 5.74) is 0. The lowest BCUT2D eigenvalue weighted by atomic mass is 10.5. The number of allylic oxidation sites excluding steroid dienone is 2. The first kappa shape index (κ1) is 6.00. The van der Waals surface area contributed by atoms with Crippen molar-refractivity contribution in [2.24, 2.45) is 10.1 Å². The third-order valence-electron chi connectivity index (χ3n) is 1.36. The Labute approximate surface area is 67.0 Å². The third-order valence-corrected chi connectivity index (χ3v) is 2.14. The average molecular weight is 199 g/mol. The van der Waals surface area contributed by atoms with Gasteiger partial charge in [-0.1, -0.05) is 8.72 Å². The minimum absolute atomic E-state index is 0.281. The fraction of sp³-hybridized carbons (Fsp3) is 0. The fourth-order valence-electron chi connectivity index (χ4n) is 0.872. The van der Waals surface area contributed by atoms with Crippen molar-refractivity contribution >= 4 is 28.6 Å². The largest absolute Gasteiger partial charge is 0.272 e. The molecular weight excluding hydrogens is 194 g/mol. The topological polar surface area (TPSA) is 24.7 Å². The summed E-state index contributed by atoms with van der Waals surface area (Å²) in [6.45, 7) is 0. The highest BCUT2D eigenvalue weighted by Crippen LogP contribution is 2.31. The van der Waals surface area contributed by atoms with E-state index in [4.69, 9.17) is 0 Å². The van der Waals surface area contributed by atoms with Crippen LogP contribution < -0.4 is 0 Å². The van der Waals surface area contributed by atoms with Crippen LogP contribution in [0.4, 0.5) is 0 Å². The summed E-state index contributed by atoms with van der Waals surface area (Å²) in [6.07, 6.45) is 9.11. The maximum atomic E-state index is 4.13. The van der Waals surface area contributed by atoms with Crippen molar-refractivity contribution in [3.05, 3.63) is 24.2 Å². The summed E-state index contributed by atoms with van der Waals surface area (Å²) in [6, 6.07) is 0. The highest BCUT2D eigenvalue weighted by Gasteiger charge is 2.33. The lowest BCUT2D eigenvalue weighted by Crippen LogP contribution is -2.21. The Balaban J connectivity index is 2.51. The second kappa shape index (κ2) is 1.87. The van der Waals surface area contributed by atoms with E-state index in [1.165, 1.54) is 0 Å². The number of hydrogen-bond donors (Lipinski definition) is 0. The molecule has 4 heteroatoms. The Morgan fingerprint density at radius 2 is 2.30 bits per heavy atom. The molecule has 0 N–H and O–H groups in total.